The molecule has 18 heavy (non-hydrogen) atoms. The van der Waals surface area contributed by atoms with Gasteiger partial charge in [-0.15, -0.1) is 0 Å². The normalized spacial score (nSPS) is 12.7. The number of rotatable bonds is 8. The Labute approximate surface area is 111 Å². The number of unbranched alkanes of at least 4 members (excludes halogenated alkanes) is 3. The van der Waals surface area contributed by atoms with E-state index in [2.05, 4.69) is 35.4 Å². The molecule has 1 heterocycles. The molecule has 0 amide bonds. The summed E-state index contributed by atoms with van der Waals surface area (Å²) >= 11 is 0. The fourth-order valence-corrected chi connectivity index (χ4v) is 2.34. The lowest BCUT2D eigenvalue weighted by Gasteiger charge is -2.19. The van der Waals surface area contributed by atoms with Crippen LogP contribution in [0, 0.1) is 6.92 Å². The van der Waals surface area contributed by atoms with Gasteiger partial charge in [0, 0.05) is 6.04 Å². The molecule has 3 nitrogen and oxygen atoms in total. The molecular formula is C15H27N3. The summed E-state index contributed by atoms with van der Waals surface area (Å²) in [5.41, 5.74) is 3.48. The first kappa shape index (κ1) is 15.1. The Morgan fingerprint density at radius 1 is 1.17 bits per heavy atom. The SMILES string of the molecule is CCCCCCC(NC)c1cc(C)nnc1CC. The Hall–Kier alpha value is -0.960. The van der Waals surface area contributed by atoms with Crippen LogP contribution >= 0.6 is 0 Å². The Balaban J connectivity index is 2.71. The van der Waals surface area contributed by atoms with Gasteiger partial charge in [-0.3, -0.25) is 0 Å². The first-order valence-corrected chi connectivity index (χ1v) is 7.23. The van der Waals surface area contributed by atoms with Crippen LogP contribution in [0.2, 0.25) is 0 Å². The second-order valence-electron chi connectivity index (χ2n) is 4.93. The minimum absolute atomic E-state index is 0.422. The van der Waals surface area contributed by atoms with Crippen molar-refractivity contribution in [2.24, 2.45) is 0 Å². The summed E-state index contributed by atoms with van der Waals surface area (Å²) in [7, 11) is 2.04. The molecule has 1 aromatic rings. The van der Waals surface area contributed by atoms with E-state index in [0.29, 0.717) is 6.04 Å². The highest BCUT2D eigenvalue weighted by molar-refractivity contribution is 5.24. The van der Waals surface area contributed by atoms with E-state index in [1.54, 1.807) is 0 Å². The highest BCUT2D eigenvalue weighted by Gasteiger charge is 2.14. The first-order valence-electron chi connectivity index (χ1n) is 7.23. The molecule has 0 radical (unpaired) electrons. The van der Waals surface area contributed by atoms with Crippen molar-refractivity contribution in [1.82, 2.24) is 15.5 Å². The Morgan fingerprint density at radius 2 is 1.94 bits per heavy atom. The van der Waals surface area contributed by atoms with Crippen molar-refractivity contribution in [3.8, 4) is 0 Å². The molecule has 102 valence electrons. The van der Waals surface area contributed by atoms with Gasteiger partial charge in [0.25, 0.3) is 0 Å². The van der Waals surface area contributed by atoms with E-state index in [9.17, 15) is 0 Å². The molecule has 0 aromatic carbocycles. The van der Waals surface area contributed by atoms with E-state index < -0.39 is 0 Å². The molecule has 1 unspecified atom stereocenters. The molecule has 0 spiro atoms. The summed E-state index contributed by atoms with van der Waals surface area (Å²) in [5.74, 6) is 0. The van der Waals surface area contributed by atoms with Gasteiger partial charge in [-0.2, -0.15) is 10.2 Å². The Morgan fingerprint density at radius 3 is 2.56 bits per heavy atom. The van der Waals surface area contributed by atoms with Gasteiger partial charge in [0.1, 0.15) is 0 Å². The Kier molecular flexibility index (Phi) is 6.88. The average molecular weight is 249 g/mol. The van der Waals surface area contributed by atoms with E-state index in [1.165, 1.54) is 37.7 Å². The zero-order chi connectivity index (χ0) is 13.4. The van der Waals surface area contributed by atoms with Crippen molar-refractivity contribution >= 4 is 0 Å². The lowest BCUT2D eigenvalue weighted by molar-refractivity contribution is 0.498. The monoisotopic (exact) mass is 249 g/mol. The van der Waals surface area contributed by atoms with Crippen molar-refractivity contribution in [3.63, 3.8) is 0 Å². The maximum absolute atomic E-state index is 4.32. The number of hydrogen-bond acceptors (Lipinski definition) is 3. The second-order valence-corrected chi connectivity index (χ2v) is 4.93. The maximum Gasteiger partial charge on any atom is 0.0676 e. The predicted octanol–water partition coefficient (Wildman–Crippen LogP) is 3.58. The summed E-state index contributed by atoms with van der Waals surface area (Å²) in [5, 5.41) is 11.9. The summed E-state index contributed by atoms with van der Waals surface area (Å²) in [6.45, 7) is 6.41. The molecule has 0 saturated heterocycles. The summed E-state index contributed by atoms with van der Waals surface area (Å²) in [6.07, 6.45) is 7.38. The van der Waals surface area contributed by atoms with Crippen molar-refractivity contribution in [1.29, 1.82) is 0 Å². The third-order valence-corrected chi connectivity index (χ3v) is 3.43. The third kappa shape index (κ3) is 4.37. The van der Waals surface area contributed by atoms with Crippen molar-refractivity contribution in [2.45, 2.75) is 65.3 Å². The minimum Gasteiger partial charge on any atom is -0.313 e. The highest BCUT2D eigenvalue weighted by Crippen LogP contribution is 2.22. The Bertz CT molecular complexity index is 350. The number of aryl methyl sites for hydroxylation is 2. The fourth-order valence-electron chi connectivity index (χ4n) is 2.34. The van der Waals surface area contributed by atoms with Crippen LogP contribution in [0.5, 0.6) is 0 Å². The number of hydrogen-bond donors (Lipinski definition) is 1. The van der Waals surface area contributed by atoms with Gasteiger partial charge in [0.15, 0.2) is 0 Å². The quantitative estimate of drug-likeness (QED) is 0.716. The number of aromatic nitrogens is 2. The van der Waals surface area contributed by atoms with Crippen LogP contribution in [0.25, 0.3) is 0 Å². The van der Waals surface area contributed by atoms with Crippen LogP contribution in [0.15, 0.2) is 6.07 Å². The molecule has 1 atom stereocenters. The molecular weight excluding hydrogens is 222 g/mol. The van der Waals surface area contributed by atoms with Crippen LogP contribution in [0.4, 0.5) is 0 Å². The van der Waals surface area contributed by atoms with Crippen molar-refractivity contribution in [2.75, 3.05) is 7.05 Å². The first-order chi connectivity index (χ1) is 8.72. The van der Waals surface area contributed by atoms with E-state index in [-0.39, 0.29) is 0 Å². The summed E-state index contributed by atoms with van der Waals surface area (Å²) < 4.78 is 0. The van der Waals surface area contributed by atoms with Gasteiger partial charge < -0.3 is 5.32 Å². The molecule has 0 aliphatic heterocycles. The van der Waals surface area contributed by atoms with Crippen LogP contribution in [0.1, 0.15) is 68.9 Å². The molecule has 1 N–H and O–H groups in total. The molecule has 0 fully saturated rings. The van der Waals surface area contributed by atoms with Crippen LogP contribution < -0.4 is 5.32 Å². The van der Waals surface area contributed by atoms with Crippen LogP contribution in [-0.2, 0) is 6.42 Å². The van der Waals surface area contributed by atoms with E-state index in [4.69, 9.17) is 0 Å². The third-order valence-electron chi connectivity index (χ3n) is 3.43. The lowest BCUT2D eigenvalue weighted by Crippen LogP contribution is -2.19. The van der Waals surface area contributed by atoms with Gasteiger partial charge in [0.2, 0.25) is 0 Å². The van der Waals surface area contributed by atoms with E-state index in [1.807, 2.05) is 14.0 Å². The van der Waals surface area contributed by atoms with Crippen molar-refractivity contribution < 1.29 is 0 Å². The van der Waals surface area contributed by atoms with Crippen molar-refractivity contribution in [3.05, 3.63) is 23.0 Å². The molecule has 0 aliphatic carbocycles. The largest absolute Gasteiger partial charge is 0.313 e. The van der Waals surface area contributed by atoms with Gasteiger partial charge >= 0.3 is 0 Å². The molecule has 3 heteroatoms. The minimum atomic E-state index is 0.422. The lowest BCUT2D eigenvalue weighted by atomic mass is 9.98. The number of nitrogens with one attached hydrogen (secondary N) is 1. The second kappa shape index (κ2) is 8.20. The highest BCUT2D eigenvalue weighted by atomic mass is 15.1. The number of nitrogens with zero attached hydrogens (tertiary/aromatic N) is 2. The molecule has 0 aliphatic rings. The molecule has 1 rings (SSSR count). The summed E-state index contributed by atoms with van der Waals surface area (Å²) in [6, 6.07) is 2.61. The zero-order valence-corrected chi connectivity index (χ0v) is 12.3. The topological polar surface area (TPSA) is 37.8 Å². The van der Waals surface area contributed by atoms with Gasteiger partial charge in [0.05, 0.1) is 11.4 Å². The molecule has 1 aromatic heterocycles. The molecule has 0 saturated carbocycles. The summed E-state index contributed by atoms with van der Waals surface area (Å²) in [4.78, 5) is 0. The van der Waals surface area contributed by atoms with Crippen LogP contribution in [-0.4, -0.2) is 17.2 Å². The van der Waals surface area contributed by atoms with E-state index in [0.717, 1.165) is 17.8 Å². The standard InChI is InChI=1S/C15H27N3/c1-5-7-8-9-10-15(16-4)13-11-12(3)17-18-14(13)6-2/h11,15-16H,5-10H2,1-4H3. The van der Waals surface area contributed by atoms with Gasteiger partial charge in [-0.25, -0.2) is 0 Å². The van der Waals surface area contributed by atoms with Gasteiger partial charge in [-0.05, 0) is 38.4 Å². The fraction of sp³-hybridized carbons (Fsp3) is 0.733. The van der Waals surface area contributed by atoms with Gasteiger partial charge in [-0.1, -0.05) is 39.5 Å². The zero-order valence-electron chi connectivity index (χ0n) is 12.3. The average Bonchev–Trinajstić information content (AvgIpc) is 2.39. The maximum atomic E-state index is 4.32. The smallest absolute Gasteiger partial charge is 0.0676 e. The van der Waals surface area contributed by atoms with Crippen LogP contribution in [0.3, 0.4) is 0 Å². The molecule has 0 bridgehead atoms. The van der Waals surface area contributed by atoms with E-state index >= 15 is 0 Å². The predicted molar refractivity (Wildman–Crippen MR) is 76.7 cm³/mol.